The van der Waals surface area contributed by atoms with Gasteiger partial charge < -0.3 is 9.84 Å². The topological polar surface area (TPSA) is 51.0 Å². The smallest absolute Gasteiger partial charge is 0.234 e. The van der Waals surface area contributed by atoms with Crippen molar-refractivity contribution >= 4 is 23.2 Å². The van der Waals surface area contributed by atoms with Gasteiger partial charge in [-0.05, 0) is 37.6 Å². The summed E-state index contributed by atoms with van der Waals surface area (Å²) >= 11 is 11.9. The summed E-state index contributed by atoms with van der Waals surface area (Å²) in [4.78, 5) is 4.56. The minimum atomic E-state index is -0.0402. The predicted molar refractivity (Wildman–Crippen MR) is 79.2 cm³/mol. The lowest BCUT2D eigenvalue weighted by molar-refractivity contribution is 0.285. The Hall–Kier alpha value is -1.10. The molecule has 1 unspecified atom stereocenters. The molecule has 2 aromatic rings. The van der Waals surface area contributed by atoms with Crippen LogP contribution >= 0.6 is 23.2 Å². The van der Waals surface area contributed by atoms with Crippen molar-refractivity contribution in [1.82, 2.24) is 15.5 Å². The molecule has 1 atom stereocenters. The minimum Gasteiger partial charge on any atom is -0.338 e. The SMILES string of the molecule is CCC1(c2nc(-c3ccc(Cl)c(Cl)c3)no2)CCNC1. The summed E-state index contributed by atoms with van der Waals surface area (Å²) in [5.74, 6) is 1.25. The molecule has 0 bridgehead atoms. The lowest BCUT2D eigenvalue weighted by Crippen LogP contribution is -2.28. The molecular weight excluding hydrogens is 297 g/mol. The fourth-order valence-corrected chi connectivity index (χ4v) is 2.87. The highest BCUT2D eigenvalue weighted by atomic mass is 35.5. The van der Waals surface area contributed by atoms with Gasteiger partial charge in [0.15, 0.2) is 0 Å². The lowest BCUT2D eigenvalue weighted by atomic mass is 9.84. The van der Waals surface area contributed by atoms with Gasteiger partial charge in [-0.25, -0.2) is 0 Å². The molecule has 0 saturated carbocycles. The Bertz CT molecular complexity index is 621. The van der Waals surface area contributed by atoms with E-state index in [4.69, 9.17) is 27.7 Å². The fraction of sp³-hybridized carbons (Fsp3) is 0.429. The van der Waals surface area contributed by atoms with Crippen LogP contribution < -0.4 is 5.32 Å². The molecule has 1 N–H and O–H groups in total. The molecule has 1 aliphatic rings. The fourth-order valence-electron chi connectivity index (χ4n) is 2.57. The van der Waals surface area contributed by atoms with Crippen LogP contribution in [0.15, 0.2) is 22.7 Å². The number of halogens is 2. The Morgan fingerprint density at radius 2 is 2.20 bits per heavy atom. The van der Waals surface area contributed by atoms with Crippen molar-refractivity contribution in [2.75, 3.05) is 13.1 Å². The Morgan fingerprint density at radius 1 is 1.35 bits per heavy atom. The molecule has 0 aliphatic carbocycles. The summed E-state index contributed by atoms with van der Waals surface area (Å²) in [6.07, 6.45) is 2.00. The van der Waals surface area contributed by atoms with E-state index in [2.05, 4.69) is 22.4 Å². The van der Waals surface area contributed by atoms with E-state index >= 15 is 0 Å². The zero-order valence-corrected chi connectivity index (χ0v) is 12.6. The van der Waals surface area contributed by atoms with Gasteiger partial charge in [0.05, 0.1) is 15.5 Å². The first-order chi connectivity index (χ1) is 9.64. The number of rotatable bonds is 3. The molecule has 1 aromatic carbocycles. The maximum absolute atomic E-state index is 6.02. The molecular formula is C14H15Cl2N3O. The van der Waals surface area contributed by atoms with Crippen LogP contribution in [0.3, 0.4) is 0 Å². The van der Waals surface area contributed by atoms with Crippen LogP contribution in [0, 0.1) is 0 Å². The van der Waals surface area contributed by atoms with Gasteiger partial charge in [-0.2, -0.15) is 4.98 Å². The average Bonchev–Trinajstić information content (AvgIpc) is 3.10. The number of hydrogen-bond donors (Lipinski definition) is 1. The van der Waals surface area contributed by atoms with Gasteiger partial charge in [0.25, 0.3) is 0 Å². The highest BCUT2D eigenvalue weighted by Gasteiger charge is 2.39. The highest BCUT2D eigenvalue weighted by Crippen LogP contribution is 2.34. The summed E-state index contributed by atoms with van der Waals surface area (Å²) in [6, 6.07) is 5.33. The van der Waals surface area contributed by atoms with Gasteiger partial charge in [0, 0.05) is 12.1 Å². The third kappa shape index (κ3) is 2.32. The summed E-state index contributed by atoms with van der Waals surface area (Å²) in [5.41, 5.74) is 0.771. The van der Waals surface area contributed by atoms with E-state index in [1.165, 1.54) is 0 Å². The van der Waals surface area contributed by atoms with Crippen molar-refractivity contribution in [3.8, 4) is 11.4 Å². The number of aromatic nitrogens is 2. The largest absolute Gasteiger partial charge is 0.338 e. The Labute approximate surface area is 127 Å². The number of benzene rings is 1. The third-order valence-corrected chi connectivity index (χ3v) is 4.72. The van der Waals surface area contributed by atoms with Gasteiger partial charge >= 0.3 is 0 Å². The predicted octanol–water partition coefficient (Wildman–Crippen LogP) is 3.68. The molecule has 1 saturated heterocycles. The molecule has 2 heterocycles. The van der Waals surface area contributed by atoms with Crippen molar-refractivity contribution in [2.24, 2.45) is 0 Å². The minimum absolute atomic E-state index is 0.0402. The Balaban J connectivity index is 1.95. The van der Waals surface area contributed by atoms with E-state index in [1.54, 1.807) is 12.1 Å². The van der Waals surface area contributed by atoms with E-state index in [9.17, 15) is 0 Å². The molecule has 1 aliphatic heterocycles. The highest BCUT2D eigenvalue weighted by molar-refractivity contribution is 6.42. The van der Waals surface area contributed by atoms with Crippen LogP contribution in [0.25, 0.3) is 11.4 Å². The van der Waals surface area contributed by atoms with Crippen LogP contribution in [-0.4, -0.2) is 23.2 Å². The van der Waals surface area contributed by atoms with Crippen LogP contribution in [0.2, 0.25) is 10.0 Å². The number of nitrogens with one attached hydrogen (secondary N) is 1. The summed E-state index contributed by atoms with van der Waals surface area (Å²) in [5, 5.41) is 8.45. The molecule has 106 valence electrons. The van der Waals surface area contributed by atoms with E-state index in [-0.39, 0.29) is 5.41 Å². The first-order valence-corrected chi connectivity index (χ1v) is 7.40. The lowest BCUT2D eigenvalue weighted by Gasteiger charge is -2.20. The van der Waals surface area contributed by atoms with Crippen molar-refractivity contribution in [3.63, 3.8) is 0 Å². The van der Waals surface area contributed by atoms with Gasteiger partial charge in [-0.1, -0.05) is 35.3 Å². The first kappa shape index (κ1) is 13.9. The zero-order valence-electron chi connectivity index (χ0n) is 11.1. The van der Waals surface area contributed by atoms with Crippen molar-refractivity contribution in [1.29, 1.82) is 0 Å². The summed E-state index contributed by atoms with van der Waals surface area (Å²) in [6.45, 7) is 4.01. The van der Waals surface area contributed by atoms with Gasteiger partial charge in [-0.15, -0.1) is 0 Å². The number of hydrogen-bond acceptors (Lipinski definition) is 4. The summed E-state index contributed by atoms with van der Waals surface area (Å²) < 4.78 is 5.49. The van der Waals surface area contributed by atoms with E-state index < -0.39 is 0 Å². The second-order valence-corrected chi connectivity index (χ2v) is 5.93. The standard InChI is InChI=1S/C14H15Cl2N3O/c1-2-14(5-6-17-8-14)13-18-12(19-20-13)9-3-4-10(15)11(16)7-9/h3-4,7,17H,2,5-6,8H2,1H3. The molecule has 0 radical (unpaired) electrons. The quantitative estimate of drug-likeness (QED) is 0.939. The van der Waals surface area contributed by atoms with E-state index in [0.717, 1.165) is 31.5 Å². The second-order valence-electron chi connectivity index (χ2n) is 5.11. The van der Waals surface area contributed by atoms with Gasteiger partial charge in [0.2, 0.25) is 11.7 Å². The molecule has 20 heavy (non-hydrogen) atoms. The number of nitrogens with zero attached hydrogens (tertiary/aromatic N) is 2. The molecule has 6 heteroatoms. The van der Waals surface area contributed by atoms with Crippen LogP contribution in [0.5, 0.6) is 0 Å². The van der Waals surface area contributed by atoms with Crippen molar-refractivity contribution in [3.05, 3.63) is 34.1 Å². The van der Waals surface area contributed by atoms with E-state index in [1.807, 2.05) is 6.07 Å². The molecule has 4 nitrogen and oxygen atoms in total. The van der Waals surface area contributed by atoms with E-state index in [0.29, 0.717) is 21.8 Å². The summed E-state index contributed by atoms with van der Waals surface area (Å²) in [7, 11) is 0. The maximum atomic E-state index is 6.02. The second kappa shape index (κ2) is 5.35. The van der Waals surface area contributed by atoms with Gasteiger partial charge in [0.1, 0.15) is 0 Å². The zero-order chi connectivity index (χ0) is 14.2. The monoisotopic (exact) mass is 311 g/mol. The normalized spacial score (nSPS) is 22.4. The van der Waals surface area contributed by atoms with Crippen LogP contribution in [0.1, 0.15) is 25.7 Å². The maximum Gasteiger partial charge on any atom is 0.234 e. The first-order valence-electron chi connectivity index (χ1n) is 6.65. The molecule has 3 rings (SSSR count). The molecule has 0 amide bonds. The molecule has 1 fully saturated rings. The van der Waals surface area contributed by atoms with Crippen molar-refractivity contribution in [2.45, 2.75) is 25.2 Å². The Morgan fingerprint density at radius 3 is 2.85 bits per heavy atom. The third-order valence-electron chi connectivity index (χ3n) is 3.98. The van der Waals surface area contributed by atoms with Gasteiger partial charge in [-0.3, -0.25) is 0 Å². The van der Waals surface area contributed by atoms with Crippen LogP contribution in [0.4, 0.5) is 0 Å². The van der Waals surface area contributed by atoms with Crippen LogP contribution in [-0.2, 0) is 5.41 Å². The Kier molecular flexibility index (Phi) is 3.71. The molecule has 0 spiro atoms. The average molecular weight is 312 g/mol. The van der Waals surface area contributed by atoms with Crippen molar-refractivity contribution < 1.29 is 4.52 Å². The molecule has 1 aromatic heterocycles.